The van der Waals surface area contributed by atoms with Crippen LogP contribution in [0.15, 0.2) is 52.8 Å². The third kappa shape index (κ3) is 4.95. The van der Waals surface area contributed by atoms with Gasteiger partial charge in [0.15, 0.2) is 5.96 Å². The fourth-order valence-corrected chi connectivity index (χ4v) is 4.94. The Morgan fingerprint density at radius 1 is 1.11 bits per heavy atom. The first-order chi connectivity index (χ1) is 13.8. The smallest absolute Gasteiger partial charge is 0.191 e. The van der Waals surface area contributed by atoms with Crippen molar-refractivity contribution in [2.45, 2.75) is 37.6 Å². The van der Waals surface area contributed by atoms with Crippen LogP contribution >= 0.6 is 11.3 Å². The van der Waals surface area contributed by atoms with Gasteiger partial charge in [-0.2, -0.15) is 0 Å². The number of hydrogen-bond acceptors (Lipinski definition) is 3. The minimum atomic E-state index is 0.312. The Morgan fingerprint density at radius 3 is 2.54 bits per heavy atom. The van der Waals surface area contributed by atoms with Crippen molar-refractivity contribution >= 4 is 17.3 Å². The molecule has 4 nitrogen and oxygen atoms in total. The third-order valence-electron chi connectivity index (χ3n) is 6.28. The minimum absolute atomic E-state index is 0.312. The molecule has 150 valence electrons. The summed E-state index contributed by atoms with van der Waals surface area (Å²) in [7, 11) is 1.88. The summed E-state index contributed by atoms with van der Waals surface area (Å²) in [5, 5.41) is 9.33. The lowest BCUT2D eigenvalue weighted by Gasteiger charge is -2.32. The molecular weight excluding hydrogens is 364 g/mol. The first kappa shape index (κ1) is 19.5. The molecule has 5 heteroatoms. The number of likely N-dealkylation sites (tertiary alicyclic amines) is 1. The first-order valence-electron chi connectivity index (χ1n) is 10.5. The van der Waals surface area contributed by atoms with Crippen LogP contribution in [0.4, 0.5) is 0 Å². The molecule has 0 amide bonds. The highest BCUT2D eigenvalue weighted by Crippen LogP contribution is 2.47. The molecule has 1 aromatic heterocycles. The van der Waals surface area contributed by atoms with Crippen LogP contribution in [-0.4, -0.2) is 44.1 Å². The normalized spacial score (nSPS) is 20.1. The van der Waals surface area contributed by atoms with Gasteiger partial charge in [0.25, 0.3) is 0 Å². The molecule has 0 atom stereocenters. The first-order valence-corrected chi connectivity index (χ1v) is 11.4. The van der Waals surface area contributed by atoms with Crippen LogP contribution in [0.1, 0.15) is 36.1 Å². The van der Waals surface area contributed by atoms with Gasteiger partial charge in [-0.25, -0.2) is 0 Å². The molecule has 2 fully saturated rings. The molecule has 2 aromatic rings. The van der Waals surface area contributed by atoms with E-state index in [-0.39, 0.29) is 0 Å². The zero-order valence-electron chi connectivity index (χ0n) is 16.9. The monoisotopic (exact) mass is 396 g/mol. The summed E-state index contributed by atoms with van der Waals surface area (Å²) in [6, 6.07) is 15.3. The highest BCUT2D eigenvalue weighted by molar-refractivity contribution is 7.09. The van der Waals surface area contributed by atoms with Gasteiger partial charge in [0, 0.05) is 37.0 Å². The maximum Gasteiger partial charge on any atom is 0.191 e. The lowest BCUT2D eigenvalue weighted by molar-refractivity contribution is 0.179. The Kier molecular flexibility index (Phi) is 6.33. The summed E-state index contributed by atoms with van der Waals surface area (Å²) in [5.74, 6) is 1.69. The molecule has 0 radical (unpaired) electrons. The highest BCUT2D eigenvalue weighted by atomic mass is 32.1. The maximum atomic E-state index is 4.45. The van der Waals surface area contributed by atoms with Crippen molar-refractivity contribution in [1.82, 2.24) is 15.5 Å². The molecule has 2 aliphatic rings. The van der Waals surface area contributed by atoms with Gasteiger partial charge in [-0.3, -0.25) is 9.89 Å². The predicted octanol–water partition coefficient (Wildman–Crippen LogP) is 3.86. The SMILES string of the molecule is CN=C(NCC1CCN(Cc2cccs2)CC1)NCC1(c2ccccc2)CC1. The molecule has 2 N–H and O–H groups in total. The van der Waals surface area contributed by atoms with Gasteiger partial charge in [-0.1, -0.05) is 36.4 Å². The van der Waals surface area contributed by atoms with Crippen LogP contribution in [0.5, 0.6) is 0 Å². The molecule has 4 rings (SSSR count). The second-order valence-corrected chi connectivity index (χ2v) is 9.28. The van der Waals surface area contributed by atoms with Crippen molar-refractivity contribution in [1.29, 1.82) is 0 Å². The summed E-state index contributed by atoms with van der Waals surface area (Å²) in [4.78, 5) is 8.52. The van der Waals surface area contributed by atoms with E-state index in [2.05, 4.69) is 68.4 Å². The van der Waals surface area contributed by atoms with Crippen LogP contribution in [0.3, 0.4) is 0 Å². The van der Waals surface area contributed by atoms with Crippen molar-refractivity contribution in [2.75, 3.05) is 33.2 Å². The molecule has 1 saturated carbocycles. The van der Waals surface area contributed by atoms with Gasteiger partial charge in [0.1, 0.15) is 0 Å². The van der Waals surface area contributed by atoms with E-state index in [1.165, 1.54) is 49.2 Å². The molecule has 2 heterocycles. The van der Waals surface area contributed by atoms with E-state index in [1.54, 1.807) is 0 Å². The van der Waals surface area contributed by atoms with Crippen molar-refractivity contribution in [3.8, 4) is 0 Å². The Bertz CT molecular complexity index is 744. The van der Waals surface area contributed by atoms with Gasteiger partial charge < -0.3 is 10.6 Å². The van der Waals surface area contributed by atoms with Gasteiger partial charge in [0.2, 0.25) is 0 Å². The van der Waals surface area contributed by atoms with E-state index in [1.807, 2.05) is 18.4 Å². The number of nitrogens with one attached hydrogen (secondary N) is 2. The number of benzene rings is 1. The third-order valence-corrected chi connectivity index (χ3v) is 7.14. The number of aliphatic imine (C=N–C) groups is 1. The number of guanidine groups is 1. The molecule has 1 saturated heterocycles. The molecule has 0 unspecified atom stereocenters. The van der Waals surface area contributed by atoms with Gasteiger partial charge in [-0.15, -0.1) is 11.3 Å². The van der Waals surface area contributed by atoms with Gasteiger partial charge in [0.05, 0.1) is 0 Å². The molecule has 0 spiro atoms. The second-order valence-electron chi connectivity index (χ2n) is 8.25. The van der Waals surface area contributed by atoms with E-state index in [0.29, 0.717) is 5.41 Å². The topological polar surface area (TPSA) is 39.7 Å². The van der Waals surface area contributed by atoms with E-state index in [4.69, 9.17) is 0 Å². The predicted molar refractivity (Wildman–Crippen MR) is 119 cm³/mol. The van der Waals surface area contributed by atoms with Crippen LogP contribution in [0.2, 0.25) is 0 Å². The molecule has 1 aliphatic heterocycles. The van der Waals surface area contributed by atoms with Crippen LogP contribution in [-0.2, 0) is 12.0 Å². The molecule has 1 aliphatic carbocycles. The average Bonchev–Trinajstić information content (AvgIpc) is 3.37. The molecular formula is C23H32N4S. The summed E-state index contributed by atoms with van der Waals surface area (Å²) < 4.78 is 0. The Balaban J connectivity index is 1.18. The van der Waals surface area contributed by atoms with Crippen molar-refractivity contribution in [2.24, 2.45) is 10.9 Å². The number of hydrogen-bond donors (Lipinski definition) is 2. The van der Waals surface area contributed by atoms with Crippen LogP contribution in [0, 0.1) is 5.92 Å². The van der Waals surface area contributed by atoms with E-state index in [9.17, 15) is 0 Å². The number of rotatable bonds is 7. The summed E-state index contributed by atoms with van der Waals surface area (Å²) >= 11 is 1.87. The average molecular weight is 397 g/mol. The zero-order chi connectivity index (χ0) is 19.2. The number of piperidine rings is 1. The standard InChI is InChI=1S/C23H32N4S/c1-24-22(26-18-23(11-12-23)20-6-3-2-4-7-20)25-16-19-9-13-27(14-10-19)17-21-8-5-15-28-21/h2-8,15,19H,9-14,16-18H2,1H3,(H2,24,25,26). The minimum Gasteiger partial charge on any atom is -0.356 e. The Morgan fingerprint density at radius 2 is 1.89 bits per heavy atom. The van der Waals surface area contributed by atoms with Gasteiger partial charge >= 0.3 is 0 Å². The summed E-state index contributed by atoms with van der Waals surface area (Å²) in [6.07, 6.45) is 5.07. The molecule has 0 bridgehead atoms. The molecule has 1 aromatic carbocycles. The largest absolute Gasteiger partial charge is 0.356 e. The summed E-state index contributed by atoms with van der Waals surface area (Å²) in [6.45, 7) is 5.50. The lowest BCUT2D eigenvalue weighted by Crippen LogP contribution is -2.44. The van der Waals surface area contributed by atoms with Gasteiger partial charge in [-0.05, 0) is 61.7 Å². The molecule has 28 heavy (non-hydrogen) atoms. The van der Waals surface area contributed by atoms with Crippen molar-refractivity contribution < 1.29 is 0 Å². The summed E-state index contributed by atoms with van der Waals surface area (Å²) in [5.41, 5.74) is 1.77. The van der Waals surface area contributed by atoms with Crippen LogP contribution in [0.25, 0.3) is 0 Å². The second kappa shape index (κ2) is 9.10. The number of thiophene rings is 1. The van der Waals surface area contributed by atoms with E-state index < -0.39 is 0 Å². The quantitative estimate of drug-likeness (QED) is 0.551. The van der Waals surface area contributed by atoms with E-state index in [0.717, 1.165) is 31.5 Å². The Labute approximate surface area is 173 Å². The van der Waals surface area contributed by atoms with Crippen LogP contribution < -0.4 is 10.6 Å². The van der Waals surface area contributed by atoms with Crippen molar-refractivity contribution in [3.63, 3.8) is 0 Å². The van der Waals surface area contributed by atoms with Crippen molar-refractivity contribution in [3.05, 3.63) is 58.3 Å². The Hall–Kier alpha value is -1.85. The fraction of sp³-hybridized carbons (Fsp3) is 0.522. The maximum absolute atomic E-state index is 4.45. The zero-order valence-corrected chi connectivity index (χ0v) is 17.7. The fourth-order valence-electron chi connectivity index (χ4n) is 4.20. The number of nitrogens with zero attached hydrogens (tertiary/aromatic N) is 2. The van der Waals surface area contributed by atoms with E-state index >= 15 is 0 Å². The highest BCUT2D eigenvalue weighted by Gasteiger charge is 2.44. The lowest BCUT2D eigenvalue weighted by atomic mass is 9.96.